The molecule has 1 amide bonds. The monoisotopic (exact) mass is 318 g/mol. The van der Waals surface area contributed by atoms with Crippen molar-refractivity contribution in [1.82, 2.24) is 20.4 Å². The van der Waals surface area contributed by atoms with Gasteiger partial charge in [-0.15, -0.1) is 0 Å². The summed E-state index contributed by atoms with van der Waals surface area (Å²) in [7, 11) is 0. The standard InChI is InChI=1S/C17H26N4O2/c1-12-6-19-21(8-12)15-4-2-14(3-5-15)20-16(22)17-10-18-7-13(17)9-23-11-17/h6,8,13-15,18H,2-5,7,9-11H2,1H3,(H,20,22)/t13-,14?,15?,17-/m0/s1. The second-order valence-corrected chi connectivity index (χ2v) is 7.48. The first-order valence-corrected chi connectivity index (χ1v) is 8.77. The highest BCUT2D eigenvalue weighted by Gasteiger charge is 2.53. The van der Waals surface area contributed by atoms with Crippen molar-refractivity contribution < 1.29 is 9.53 Å². The van der Waals surface area contributed by atoms with Gasteiger partial charge in [-0.3, -0.25) is 9.48 Å². The maximum Gasteiger partial charge on any atom is 0.230 e. The summed E-state index contributed by atoms with van der Waals surface area (Å²) in [6.45, 7) is 5.01. The lowest BCUT2D eigenvalue weighted by Crippen LogP contribution is -2.50. The quantitative estimate of drug-likeness (QED) is 0.873. The van der Waals surface area contributed by atoms with E-state index in [1.54, 1.807) is 0 Å². The van der Waals surface area contributed by atoms with Gasteiger partial charge in [-0.1, -0.05) is 0 Å². The van der Waals surface area contributed by atoms with Gasteiger partial charge in [-0.05, 0) is 38.2 Å². The summed E-state index contributed by atoms with van der Waals surface area (Å²) in [6.07, 6.45) is 8.26. The number of rotatable bonds is 3. The van der Waals surface area contributed by atoms with Gasteiger partial charge in [0, 0.05) is 31.2 Å². The summed E-state index contributed by atoms with van der Waals surface area (Å²) < 4.78 is 7.68. The number of carbonyl (C=O) groups is 1. The Balaban J connectivity index is 1.33. The molecule has 0 aromatic carbocycles. The van der Waals surface area contributed by atoms with Gasteiger partial charge in [0.25, 0.3) is 0 Å². The van der Waals surface area contributed by atoms with Gasteiger partial charge in [0.05, 0.1) is 30.9 Å². The molecule has 6 nitrogen and oxygen atoms in total. The molecule has 6 heteroatoms. The minimum absolute atomic E-state index is 0.198. The Morgan fingerprint density at radius 1 is 1.43 bits per heavy atom. The molecule has 0 bridgehead atoms. The van der Waals surface area contributed by atoms with Crippen molar-refractivity contribution in [3.63, 3.8) is 0 Å². The summed E-state index contributed by atoms with van der Waals surface area (Å²) >= 11 is 0. The van der Waals surface area contributed by atoms with Crippen molar-refractivity contribution in [2.24, 2.45) is 11.3 Å². The van der Waals surface area contributed by atoms with Crippen molar-refractivity contribution in [2.45, 2.75) is 44.7 Å². The molecule has 2 saturated heterocycles. The molecule has 126 valence electrons. The minimum atomic E-state index is -0.323. The highest BCUT2D eigenvalue weighted by Crippen LogP contribution is 2.38. The van der Waals surface area contributed by atoms with Gasteiger partial charge in [0.1, 0.15) is 0 Å². The van der Waals surface area contributed by atoms with Gasteiger partial charge in [0.15, 0.2) is 0 Å². The first kappa shape index (κ1) is 15.1. The molecule has 23 heavy (non-hydrogen) atoms. The summed E-state index contributed by atoms with van der Waals surface area (Å²) in [5, 5.41) is 11.1. The maximum atomic E-state index is 12.8. The van der Waals surface area contributed by atoms with Crippen LogP contribution >= 0.6 is 0 Å². The molecule has 1 aliphatic carbocycles. The van der Waals surface area contributed by atoms with Gasteiger partial charge < -0.3 is 15.4 Å². The van der Waals surface area contributed by atoms with Crippen molar-refractivity contribution in [2.75, 3.05) is 26.3 Å². The van der Waals surface area contributed by atoms with Crippen LogP contribution in [0.4, 0.5) is 0 Å². The van der Waals surface area contributed by atoms with E-state index in [2.05, 4.69) is 33.5 Å². The van der Waals surface area contributed by atoms with E-state index in [0.29, 0.717) is 31.2 Å². The van der Waals surface area contributed by atoms with E-state index < -0.39 is 0 Å². The third kappa shape index (κ3) is 2.68. The fourth-order valence-electron chi connectivity index (χ4n) is 4.36. The molecule has 2 atom stereocenters. The van der Waals surface area contributed by atoms with Crippen LogP contribution in [0, 0.1) is 18.3 Å². The van der Waals surface area contributed by atoms with Crippen LogP contribution in [0.15, 0.2) is 12.4 Å². The molecule has 0 unspecified atom stereocenters. The molecule has 0 spiro atoms. The van der Waals surface area contributed by atoms with E-state index in [1.807, 2.05) is 6.20 Å². The Morgan fingerprint density at radius 2 is 2.26 bits per heavy atom. The van der Waals surface area contributed by atoms with E-state index >= 15 is 0 Å². The Labute approximate surface area is 137 Å². The summed E-state index contributed by atoms with van der Waals surface area (Å²) in [6, 6.07) is 0.775. The normalized spacial score (nSPS) is 36.8. The largest absolute Gasteiger partial charge is 0.380 e. The Morgan fingerprint density at radius 3 is 3.00 bits per heavy atom. The van der Waals surface area contributed by atoms with Gasteiger partial charge in [-0.25, -0.2) is 0 Å². The highest BCUT2D eigenvalue weighted by molar-refractivity contribution is 5.84. The first-order valence-electron chi connectivity index (χ1n) is 8.77. The molecule has 0 radical (unpaired) electrons. The second kappa shape index (κ2) is 5.91. The predicted octanol–water partition coefficient (Wildman–Crippen LogP) is 1.03. The zero-order valence-electron chi connectivity index (χ0n) is 13.8. The lowest BCUT2D eigenvalue weighted by atomic mass is 9.79. The second-order valence-electron chi connectivity index (χ2n) is 7.48. The molecular formula is C17H26N4O2. The number of amides is 1. The number of aromatic nitrogens is 2. The molecule has 1 saturated carbocycles. The van der Waals surface area contributed by atoms with Crippen LogP contribution < -0.4 is 10.6 Å². The molecule has 1 aromatic heterocycles. The fourth-order valence-corrected chi connectivity index (χ4v) is 4.36. The van der Waals surface area contributed by atoms with E-state index in [-0.39, 0.29) is 11.3 Å². The smallest absolute Gasteiger partial charge is 0.230 e. The number of carbonyl (C=O) groups excluding carboxylic acids is 1. The number of ether oxygens (including phenoxy) is 1. The average molecular weight is 318 g/mol. The number of hydrogen-bond donors (Lipinski definition) is 2. The summed E-state index contributed by atoms with van der Waals surface area (Å²) in [4.78, 5) is 12.8. The molecule has 1 aromatic rings. The summed E-state index contributed by atoms with van der Waals surface area (Å²) in [5.41, 5.74) is 0.885. The minimum Gasteiger partial charge on any atom is -0.380 e. The SMILES string of the molecule is Cc1cnn(C2CCC(NC(=O)[C@]34CNC[C@H]3COC4)CC2)c1. The highest BCUT2D eigenvalue weighted by atomic mass is 16.5. The van der Waals surface area contributed by atoms with Crippen LogP contribution in [0.5, 0.6) is 0 Å². The number of hydrogen-bond acceptors (Lipinski definition) is 4. The van der Waals surface area contributed by atoms with Gasteiger partial charge >= 0.3 is 0 Å². The van der Waals surface area contributed by atoms with E-state index in [9.17, 15) is 4.79 Å². The Kier molecular flexibility index (Phi) is 3.89. The fraction of sp³-hybridized carbons (Fsp3) is 0.765. The zero-order chi connectivity index (χ0) is 15.9. The van der Waals surface area contributed by atoms with Gasteiger partial charge in [-0.2, -0.15) is 5.10 Å². The van der Waals surface area contributed by atoms with Crippen LogP contribution in [0.1, 0.15) is 37.3 Å². The average Bonchev–Trinajstić information content (AvgIpc) is 3.23. The van der Waals surface area contributed by atoms with Crippen molar-refractivity contribution in [3.05, 3.63) is 18.0 Å². The van der Waals surface area contributed by atoms with Gasteiger partial charge in [0.2, 0.25) is 5.91 Å². The topological polar surface area (TPSA) is 68.2 Å². The van der Waals surface area contributed by atoms with Crippen LogP contribution in [-0.4, -0.2) is 48.0 Å². The molecule has 4 rings (SSSR count). The molecule has 3 fully saturated rings. The first-order chi connectivity index (χ1) is 11.2. The van der Waals surface area contributed by atoms with E-state index in [0.717, 1.165) is 38.8 Å². The Hall–Kier alpha value is -1.40. The molecule has 3 heterocycles. The Bertz CT molecular complexity index is 567. The number of aryl methyl sites for hydroxylation is 1. The van der Waals surface area contributed by atoms with E-state index in [4.69, 9.17) is 4.74 Å². The third-order valence-corrected chi connectivity index (χ3v) is 5.88. The molecule has 3 aliphatic rings. The lowest BCUT2D eigenvalue weighted by Gasteiger charge is -2.33. The maximum absolute atomic E-state index is 12.8. The van der Waals surface area contributed by atoms with Crippen molar-refractivity contribution >= 4 is 5.91 Å². The predicted molar refractivity (Wildman–Crippen MR) is 86.0 cm³/mol. The van der Waals surface area contributed by atoms with Crippen molar-refractivity contribution in [3.8, 4) is 0 Å². The molecular weight excluding hydrogens is 292 g/mol. The number of nitrogens with zero attached hydrogens (tertiary/aromatic N) is 2. The van der Waals surface area contributed by atoms with Crippen LogP contribution in [-0.2, 0) is 9.53 Å². The third-order valence-electron chi connectivity index (χ3n) is 5.88. The zero-order valence-corrected chi connectivity index (χ0v) is 13.8. The summed E-state index contributed by atoms with van der Waals surface area (Å²) in [5.74, 6) is 0.536. The number of nitrogens with one attached hydrogen (secondary N) is 2. The van der Waals surface area contributed by atoms with Crippen molar-refractivity contribution in [1.29, 1.82) is 0 Å². The van der Waals surface area contributed by atoms with Crippen LogP contribution in [0.2, 0.25) is 0 Å². The molecule has 2 N–H and O–H groups in total. The lowest BCUT2D eigenvalue weighted by molar-refractivity contribution is -0.132. The molecule has 2 aliphatic heterocycles. The van der Waals surface area contributed by atoms with Crippen LogP contribution in [0.3, 0.4) is 0 Å². The number of fused-ring (bicyclic) bond motifs is 1. The van der Waals surface area contributed by atoms with E-state index in [1.165, 1.54) is 5.56 Å². The van der Waals surface area contributed by atoms with Crippen LogP contribution in [0.25, 0.3) is 0 Å².